The second-order valence-corrected chi connectivity index (χ2v) is 5.91. The molecule has 1 N–H and O–H groups in total. The Balaban J connectivity index is 2.10. The molecular formula is C17H14F3N4O5-. The molecule has 0 saturated carbocycles. The van der Waals surface area contributed by atoms with E-state index in [9.17, 15) is 38.5 Å². The van der Waals surface area contributed by atoms with E-state index in [1.54, 1.807) is 6.92 Å². The lowest BCUT2D eigenvalue weighted by molar-refractivity contribution is -0.398. The summed E-state index contributed by atoms with van der Waals surface area (Å²) in [4.78, 5) is 23.7. The van der Waals surface area contributed by atoms with E-state index in [1.807, 2.05) is 0 Å². The molecule has 0 radical (unpaired) electrons. The topological polar surface area (TPSA) is 134 Å². The molecule has 154 valence electrons. The summed E-state index contributed by atoms with van der Waals surface area (Å²) >= 11 is 0. The van der Waals surface area contributed by atoms with E-state index in [0.717, 1.165) is 24.4 Å². The van der Waals surface area contributed by atoms with Crippen LogP contribution in [0.3, 0.4) is 0 Å². The number of hydrogen-bond donors (Lipinski definition) is 1. The molecule has 0 aliphatic heterocycles. The summed E-state index contributed by atoms with van der Waals surface area (Å²) in [7, 11) is 0. The fraction of sp³-hybridized carbons (Fsp3) is 0.235. The molecule has 29 heavy (non-hydrogen) atoms. The van der Waals surface area contributed by atoms with Crippen LogP contribution >= 0.6 is 0 Å². The standard InChI is InChI=1S/C17H15F3N4O5/c1-10-6-11(16(25)15(7-10)24(28)29)9-21-4-5-22-14-3-2-12(23(26)27)8-13(14)17(18,19)20/h2-3,6-9,22,25H,4-5H2,1H3/p-1. The molecule has 0 unspecified atom stereocenters. The van der Waals surface area contributed by atoms with Crippen LogP contribution in [0.25, 0.3) is 0 Å². The Morgan fingerprint density at radius 1 is 1.14 bits per heavy atom. The zero-order valence-corrected chi connectivity index (χ0v) is 14.9. The van der Waals surface area contributed by atoms with E-state index < -0.39 is 38.7 Å². The quantitative estimate of drug-likeness (QED) is 0.321. The van der Waals surface area contributed by atoms with Crippen LogP contribution in [0.1, 0.15) is 16.7 Å². The van der Waals surface area contributed by atoms with Gasteiger partial charge in [0.25, 0.3) is 11.4 Å². The van der Waals surface area contributed by atoms with E-state index in [4.69, 9.17) is 0 Å². The molecule has 0 aliphatic rings. The fourth-order valence-electron chi connectivity index (χ4n) is 2.47. The van der Waals surface area contributed by atoms with Crippen LogP contribution in [0.15, 0.2) is 35.3 Å². The van der Waals surface area contributed by atoms with Gasteiger partial charge in [-0.1, -0.05) is 6.07 Å². The predicted molar refractivity (Wildman–Crippen MR) is 96.3 cm³/mol. The number of non-ortho nitro benzene ring substituents is 1. The summed E-state index contributed by atoms with van der Waals surface area (Å²) in [5, 5.41) is 36.0. The first-order chi connectivity index (χ1) is 13.5. The number of benzene rings is 2. The second-order valence-electron chi connectivity index (χ2n) is 5.91. The van der Waals surface area contributed by atoms with E-state index >= 15 is 0 Å². The summed E-state index contributed by atoms with van der Waals surface area (Å²) in [5.41, 5.74) is -2.35. The summed E-state index contributed by atoms with van der Waals surface area (Å²) in [6, 6.07) is 4.86. The van der Waals surface area contributed by atoms with Gasteiger partial charge in [-0.25, -0.2) is 0 Å². The Morgan fingerprint density at radius 2 is 1.83 bits per heavy atom. The molecular weight excluding hydrogens is 397 g/mol. The molecule has 12 heteroatoms. The van der Waals surface area contributed by atoms with E-state index in [2.05, 4.69) is 10.3 Å². The third-order valence-corrected chi connectivity index (χ3v) is 3.75. The maximum atomic E-state index is 13.1. The molecule has 2 aromatic rings. The molecule has 0 fully saturated rings. The first kappa shape index (κ1) is 21.6. The van der Waals surface area contributed by atoms with Gasteiger partial charge in [0.1, 0.15) is 0 Å². The molecule has 0 aliphatic carbocycles. The lowest BCUT2D eigenvalue weighted by Crippen LogP contribution is -2.13. The Morgan fingerprint density at radius 3 is 2.41 bits per heavy atom. The predicted octanol–water partition coefficient (Wildman–Crippen LogP) is 3.43. The summed E-state index contributed by atoms with van der Waals surface area (Å²) < 4.78 is 39.3. The van der Waals surface area contributed by atoms with Gasteiger partial charge in [-0.2, -0.15) is 13.2 Å². The monoisotopic (exact) mass is 411 g/mol. The van der Waals surface area contributed by atoms with Gasteiger partial charge in [-0.05, 0) is 29.9 Å². The minimum absolute atomic E-state index is 0.0111. The van der Waals surface area contributed by atoms with Crippen LogP contribution in [0, 0.1) is 27.2 Å². The van der Waals surface area contributed by atoms with E-state index in [0.29, 0.717) is 11.6 Å². The lowest BCUT2D eigenvalue weighted by atomic mass is 10.1. The van der Waals surface area contributed by atoms with Gasteiger partial charge in [-0.15, -0.1) is 0 Å². The van der Waals surface area contributed by atoms with Crippen molar-refractivity contribution in [2.45, 2.75) is 13.1 Å². The van der Waals surface area contributed by atoms with Gasteiger partial charge in [-0.3, -0.25) is 25.2 Å². The molecule has 0 atom stereocenters. The zero-order valence-electron chi connectivity index (χ0n) is 14.9. The second kappa shape index (κ2) is 8.54. The van der Waals surface area contributed by atoms with Crippen LogP contribution in [-0.4, -0.2) is 29.2 Å². The molecule has 0 aromatic heterocycles. The molecule has 0 amide bonds. The highest BCUT2D eigenvalue weighted by molar-refractivity contribution is 5.85. The van der Waals surface area contributed by atoms with Crippen LogP contribution in [0.2, 0.25) is 0 Å². The van der Waals surface area contributed by atoms with E-state index in [-0.39, 0.29) is 24.3 Å². The molecule has 2 rings (SSSR count). The lowest BCUT2D eigenvalue weighted by Gasteiger charge is -2.14. The number of anilines is 1. The number of aryl methyl sites for hydroxylation is 1. The summed E-state index contributed by atoms with van der Waals surface area (Å²) in [6.07, 6.45) is -3.68. The number of nitrogens with one attached hydrogen (secondary N) is 1. The maximum absolute atomic E-state index is 13.1. The maximum Gasteiger partial charge on any atom is 0.418 e. The van der Waals surface area contributed by atoms with E-state index in [1.165, 1.54) is 6.07 Å². The molecule has 9 nitrogen and oxygen atoms in total. The third kappa shape index (κ3) is 5.40. The molecule has 0 bridgehead atoms. The number of rotatable bonds is 7. The van der Waals surface area contributed by atoms with Crippen molar-refractivity contribution in [1.82, 2.24) is 0 Å². The van der Waals surface area contributed by atoms with Crippen molar-refractivity contribution in [2.24, 2.45) is 4.99 Å². The van der Waals surface area contributed by atoms with Crippen LogP contribution in [0.4, 0.5) is 30.2 Å². The number of alkyl halides is 3. The van der Waals surface area contributed by atoms with Crippen molar-refractivity contribution in [3.63, 3.8) is 0 Å². The van der Waals surface area contributed by atoms with Gasteiger partial charge < -0.3 is 10.4 Å². The first-order valence-corrected chi connectivity index (χ1v) is 8.06. The highest BCUT2D eigenvalue weighted by atomic mass is 19.4. The molecule has 0 spiro atoms. The van der Waals surface area contributed by atoms with Crippen LogP contribution < -0.4 is 10.4 Å². The van der Waals surface area contributed by atoms with Crippen molar-refractivity contribution < 1.29 is 28.1 Å². The molecule has 2 aromatic carbocycles. The Hall–Kier alpha value is -3.70. The highest BCUT2D eigenvalue weighted by Crippen LogP contribution is 2.37. The number of hydrogen-bond acceptors (Lipinski definition) is 7. The normalized spacial score (nSPS) is 11.6. The first-order valence-electron chi connectivity index (χ1n) is 8.06. The Labute approximate surface area is 161 Å². The third-order valence-electron chi connectivity index (χ3n) is 3.75. The van der Waals surface area contributed by atoms with Crippen LogP contribution in [-0.2, 0) is 6.18 Å². The molecule has 0 saturated heterocycles. The number of nitro benzene ring substituents is 2. The minimum Gasteiger partial charge on any atom is -0.867 e. The van der Waals surface area contributed by atoms with Gasteiger partial charge in [0.2, 0.25) is 0 Å². The number of aliphatic imine (C=N–C) groups is 1. The largest absolute Gasteiger partial charge is 0.867 e. The average molecular weight is 411 g/mol. The fourth-order valence-corrected chi connectivity index (χ4v) is 2.47. The van der Waals surface area contributed by atoms with Gasteiger partial charge in [0.05, 0.1) is 22.0 Å². The van der Waals surface area contributed by atoms with Crippen molar-refractivity contribution >= 4 is 23.3 Å². The smallest absolute Gasteiger partial charge is 0.418 e. The van der Waals surface area contributed by atoms with Crippen molar-refractivity contribution in [1.29, 1.82) is 0 Å². The average Bonchev–Trinajstić information content (AvgIpc) is 2.62. The number of halogens is 3. The summed E-state index contributed by atoms with van der Waals surface area (Å²) in [6.45, 7) is 1.45. The number of nitrogens with zero attached hydrogens (tertiary/aromatic N) is 3. The van der Waals surface area contributed by atoms with Crippen molar-refractivity contribution in [3.8, 4) is 5.75 Å². The van der Waals surface area contributed by atoms with Gasteiger partial charge in [0.15, 0.2) is 0 Å². The Kier molecular flexibility index (Phi) is 6.36. The van der Waals surface area contributed by atoms with Crippen molar-refractivity contribution in [3.05, 3.63) is 67.3 Å². The van der Waals surface area contributed by atoms with Crippen LogP contribution in [0.5, 0.6) is 5.75 Å². The van der Waals surface area contributed by atoms with Gasteiger partial charge in [0, 0.05) is 36.6 Å². The summed E-state index contributed by atoms with van der Waals surface area (Å²) in [5.74, 6) is -0.813. The molecule has 0 heterocycles. The highest BCUT2D eigenvalue weighted by Gasteiger charge is 2.35. The SMILES string of the molecule is Cc1cc(C=NCCNc2ccc([N+](=O)[O-])cc2C(F)(F)F)c([O-])c([N+](=O)[O-])c1. The van der Waals surface area contributed by atoms with Gasteiger partial charge >= 0.3 is 6.18 Å². The van der Waals surface area contributed by atoms with Crippen molar-refractivity contribution in [2.75, 3.05) is 18.4 Å². The zero-order chi connectivity index (χ0) is 21.8. The Bertz CT molecular complexity index is 976. The minimum atomic E-state index is -4.80. The number of nitro groups is 2.